The number of aromatic nitrogens is 1. The molecule has 0 unspecified atom stereocenters. The van der Waals surface area contributed by atoms with Gasteiger partial charge in [0.15, 0.2) is 0 Å². The summed E-state index contributed by atoms with van der Waals surface area (Å²) in [5, 5.41) is 3.42. The number of aryl methyl sites for hydroxylation is 1. The van der Waals surface area contributed by atoms with Gasteiger partial charge in [-0.1, -0.05) is 6.92 Å². The van der Waals surface area contributed by atoms with Crippen LogP contribution in [-0.2, 0) is 13.1 Å². The average molecular weight is 209 g/mol. The van der Waals surface area contributed by atoms with Gasteiger partial charge >= 0.3 is 0 Å². The standard InChI is InChI=1S/C12H23N3/c1-2-8-15-9-5-12(11-15)10-14-7-4-3-6-13/h5,9,11,14H,2-4,6-8,10,13H2,1H3. The van der Waals surface area contributed by atoms with Gasteiger partial charge in [-0.25, -0.2) is 0 Å². The van der Waals surface area contributed by atoms with Gasteiger partial charge in [0.1, 0.15) is 0 Å². The Hall–Kier alpha value is -0.800. The number of hydrogen-bond acceptors (Lipinski definition) is 2. The van der Waals surface area contributed by atoms with Crippen LogP contribution in [0.5, 0.6) is 0 Å². The highest BCUT2D eigenvalue weighted by atomic mass is 14.9. The largest absolute Gasteiger partial charge is 0.354 e. The van der Waals surface area contributed by atoms with Crippen LogP contribution in [0.3, 0.4) is 0 Å². The molecule has 0 saturated heterocycles. The van der Waals surface area contributed by atoms with Crippen LogP contribution in [0.1, 0.15) is 31.7 Å². The Balaban J connectivity index is 2.14. The van der Waals surface area contributed by atoms with Crippen molar-refractivity contribution in [2.75, 3.05) is 13.1 Å². The number of nitrogens with one attached hydrogen (secondary N) is 1. The van der Waals surface area contributed by atoms with E-state index in [1.165, 1.54) is 18.4 Å². The van der Waals surface area contributed by atoms with E-state index < -0.39 is 0 Å². The highest BCUT2D eigenvalue weighted by Crippen LogP contribution is 2.01. The second kappa shape index (κ2) is 7.49. The zero-order valence-electron chi connectivity index (χ0n) is 9.71. The lowest BCUT2D eigenvalue weighted by Gasteiger charge is -2.02. The first-order chi connectivity index (χ1) is 7.36. The summed E-state index contributed by atoms with van der Waals surface area (Å²) in [4.78, 5) is 0. The van der Waals surface area contributed by atoms with E-state index in [4.69, 9.17) is 5.73 Å². The van der Waals surface area contributed by atoms with Gasteiger partial charge in [0.25, 0.3) is 0 Å². The first-order valence-electron chi connectivity index (χ1n) is 5.92. The average Bonchev–Trinajstić information content (AvgIpc) is 2.66. The predicted molar refractivity (Wildman–Crippen MR) is 64.7 cm³/mol. The van der Waals surface area contributed by atoms with Crippen molar-refractivity contribution in [1.29, 1.82) is 0 Å². The van der Waals surface area contributed by atoms with Crippen molar-refractivity contribution in [3.63, 3.8) is 0 Å². The van der Waals surface area contributed by atoms with E-state index in [-0.39, 0.29) is 0 Å². The Morgan fingerprint density at radius 1 is 1.40 bits per heavy atom. The van der Waals surface area contributed by atoms with Crippen LogP contribution < -0.4 is 11.1 Å². The third kappa shape index (κ3) is 5.00. The second-order valence-electron chi connectivity index (χ2n) is 3.93. The van der Waals surface area contributed by atoms with Gasteiger partial charge in [-0.05, 0) is 44.0 Å². The quantitative estimate of drug-likeness (QED) is 0.640. The Kier molecular flexibility index (Phi) is 6.12. The molecule has 0 bridgehead atoms. The lowest BCUT2D eigenvalue weighted by molar-refractivity contribution is 0.624. The van der Waals surface area contributed by atoms with E-state index >= 15 is 0 Å². The van der Waals surface area contributed by atoms with Crippen LogP contribution in [0, 0.1) is 0 Å². The van der Waals surface area contributed by atoms with E-state index in [2.05, 4.69) is 35.3 Å². The van der Waals surface area contributed by atoms with Crippen molar-refractivity contribution < 1.29 is 0 Å². The van der Waals surface area contributed by atoms with E-state index in [9.17, 15) is 0 Å². The Bertz CT molecular complexity index is 255. The summed E-state index contributed by atoms with van der Waals surface area (Å²) in [6.07, 6.45) is 7.86. The number of nitrogens with two attached hydrogens (primary N) is 1. The highest BCUT2D eigenvalue weighted by molar-refractivity contribution is 5.09. The van der Waals surface area contributed by atoms with Crippen molar-refractivity contribution in [3.05, 3.63) is 24.0 Å². The van der Waals surface area contributed by atoms with Crippen molar-refractivity contribution in [2.24, 2.45) is 5.73 Å². The molecule has 0 spiro atoms. The minimum atomic E-state index is 0.800. The maximum atomic E-state index is 5.43. The molecule has 1 heterocycles. The molecule has 3 heteroatoms. The van der Waals surface area contributed by atoms with Gasteiger partial charge < -0.3 is 15.6 Å². The first-order valence-corrected chi connectivity index (χ1v) is 5.92. The van der Waals surface area contributed by atoms with Gasteiger partial charge in [-0.15, -0.1) is 0 Å². The van der Waals surface area contributed by atoms with E-state index in [1.807, 2.05) is 0 Å². The van der Waals surface area contributed by atoms with Gasteiger partial charge in [0.2, 0.25) is 0 Å². The molecule has 0 aliphatic rings. The monoisotopic (exact) mass is 209 g/mol. The third-order valence-electron chi connectivity index (χ3n) is 2.43. The summed E-state index contributed by atoms with van der Waals surface area (Å²) >= 11 is 0. The fraction of sp³-hybridized carbons (Fsp3) is 0.667. The minimum absolute atomic E-state index is 0.800. The van der Waals surface area contributed by atoms with Gasteiger partial charge in [0.05, 0.1) is 0 Å². The van der Waals surface area contributed by atoms with Crippen LogP contribution in [0.4, 0.5) is 0 Å². The van der Waals surface area contributed by atoms with Gasteiger partial charge in [-0.2, -0.15) is 0 Å². The summed E-state index contributed by atoms with van der Waals surface area (Å²) in [6.45, 7) is 6.16. The molecule has 0 amide bonds. The van der Waals surface area contributed by atoms with E-state index in [0.717, 1.165) is 32.6 Å². The highest BCUT2D eigenvalue weighted by Gasteiger charge is 1.95. The lowest BCUT2D eigenvalue weighted by atomic mass is 10.3. The molecule has 0 aliphatic heterocycles. The molecular weight excluding hydrogens is 186 g/mol. The van der Waals surface area contributed by atoms with Crippen LogP contribution in [-0.4, -0.2) is 17.7 Å². The predicted octanol–water partition coefficient (Wildman–Crippen LogP) is 1.73. The number of nitrogens with zero attached hydrogens (tertiary/aromatic N) is 1. The molecule has 0 saturated carbocycles. The molecule has 0 fully saturated rings. The summed E-state index contributed by atoms with van der Waals surface area (Å²) in [6, 6.07) is 2.19. The van der Waals surface area contributed by atoms with E-state index in [1.54, 1.807) is 0 Å². The lowest BCUT2D eigenvalue weighted by Crippen LogP contribution is -2.15. The third-order valence-corrected chi connectivity index (χ3v) is 2.43. The van der Waals surface area contributed by atoms with Crippen LogP contribution in [0.25, 0.3) is 0 Å². The molecule has 0 atom stereocenters. The van der Waals surface area contributed by atoms with Crippen LogP contribution in [0.15, 0.2) is 18.5 Å². The fourth-order valence-corrected chi connectivity index (χ4v) is 1.62. The topological polar surface area (TPSA) is 43.0 Å². The molecule has 3 nitrogen and oxygen atoms in total. The summed E-state index contributed by atoms with van der Waals surface area (Å²) in [5.74, 6) is 0. The molecule has 86 valence electrons. The molecule has 0 aromatic carbocycles. The zero-order valence-corrected chi connectivity index (χ0v) is 9.71. The maximum absolute atomic E-state index is 5.43. The fourth-order valence-electron chi connectivity index (χ4n) is 1.62. The zero-order chi connectivity index (χ0) is 10.9. The first kappa shape index (κ1) is 12.3. The van der Waals surface area contributed by atoms with Crippen molar-refractivity contribution in [1.82, 2.24) is 9.88 Å². The van der Waals surface area contributed by atoms with Crippen molar-refractivity contribution in [2.45, 2.75) is 39.3 Å². The smallest absolute Gasteiger partial charge is 0.0220 e. The van der Waals surface area contributed by atoms with Gasteiger partial charge in [0, 0.05) is 25.5 Å². The summed E-state index contributed by atoms with van der Waals surface area (Å²) in [7, 11) is 0. The minimum Gasteiger partial charge on any atom is -0.354 e. The Morgan fingerprint density at radius 3 is 3.00 bits per heavy atom. The summed E-state index contributed by atoms with van der Waals surface area (Å²) < 4.78 is 2.25. The maximum Gasteiger partial charge on any atom is 0.0220 e. The number of hydrogen-bond donors (Lipinski definition) is 2. The van der Waals surface area contributed by atoms with E-state index in [0.29, 0.717) is 0 Å². The Morgan fingerprint density at radius 2 is 2.27 bits per heavy atom. The molecule has 1 rings (SSSR count). The van der Waals surface area contributed by atoms with Crippen molar-refractivity contribution in [3.8, 4) is 0 Å². The molecular formula is C12H23N3. The molecule has 3 N–H and O–H groups in total. The van der Waals surface area contributed by atoms with Crippen LogP contribution >= 0.6 is 0 Å². The van der Waals surface area contributed by atoms with Gasteiger partial charge in [-0.3, -0.25) is 0 Å². The Labute approximate surface area is 92.7 Å². The SMILES string of the molecule is CCCn1ccc(CNCCCCN)c1. The molecule has 15 heavy (non-hydrogen) atoms. The molecule has 1 aromatic heterocycles. The summed E-state index contributed by atoms with van der Waals surface area (Å²) in [5.41, 5.74) is 6.80. The second-order valence-corrected chi connectivity index (χ2v) is 3.93. The number of rotatable bonds is 8. The molecule has 0 radical (unpaired) electrons. The normalized spacial score (nSPS) is 10.8. The number of unbranched alkanes of at least 4 members (excludes halogenated alkanes) is 1. The van der Waals surface area contributed by atoms with Crippen molar-refractivity contribution >= 4 is 0 Å². The molecule has 0 aliphatic carbocycles. The molecule has 1 aromatic rings. The van der Waals surface area contributed by atoms with Crippen LogP contribution in [0.2, 0.25) is 0 Å².